The maximum absolute atomic E-state index is 6.75. The van der Waals surface area contributed by atoms with Crippen molar-refractivity contribution >= 4 is 48.5 Å². The first kappa shape index (κ1) is 10.4. The minimum Gasteiger partial charge on any atom is -0.332 e. The molecule has 0 saturated heterocycles. The third-order valence-electron chi connectivity index (χ3n) is 1.22. The lowest BCUT2D eigenvalue weighted by atomic mass is 10.4. The Morgan fingerprint density at radius 2 is 2.15 bits per heavy atom. The monoisotopic (exact) mass is 228 g/mol. The number of thiol groups is 1. The topological polar surface area (TPSA) is 39.6 Å². The summed E-state index contributed by atoms with van der Waals surface area (Å²) in [4.78, 5) is 3.93. The smallest absolute Gasteiger partial charge is 0.159 e. The largest absolute Gasteiger partial charge is 0.332 e. The zero-order chi connectivity index (χ0) is 9.68. The molecule has 5 heteroatoms. The molecule has 0 aliphatic carbocycles. The number of thiazole rings is 1. The van der Waals surface area contributed by atoms with Crippen LogP contribution in [-0.4, -0.2) is 11.2 Å². The average Bonchev–Trinajstić information content (AvgIpc) is 2.39. The molecule has 2 nitrogen and oxygen atoms in total. The molecule has 0 saturated carbocycles. The predicted octanol–water partition coefficient (Wildman–Crippen LogP) is 3.31. The van der Waals surface area contributed by atoms with E-state index in [4.69, 9.17) is 17.6 Å². The van der Waals surface area contributed by atoms with Crippen LogP contribution in [0.1, 0.15) is 4.88 Å². The van der Waals surface area contributed by atoms with Crippen LogP contribution in [0.3, 0.4) is 0 Å². The summed E-state index contributed by atoms with van der Waals surface area (Å²) in [7, 11) is 0. The fraction of sp³-hybridized carbons (Fsp3) is 0. The lowest BCUT2D eigenvalue weighted by molar-refractivity contribution is 1.19. The second kappa shape index (κ2) is 5.16. The quantitative estimate of drug-likeness (QED) is 0.316. The number of allylic oxidation sites excluding steroid dienone is 3. The van der Waals surface area contributed by atoms with Gasteiger partial charge in [0.1, 0.15) is 0 Å². The molecule has 0 spiro atoms. The molecule has 0 unspecified atom stereocenters. The van der Waals surface area contributed by atoms with Crippen molar-refractivity contribution in [3.63, 3.8) is 0 Å². The number of aromatic nitrogens is 1. The second-order valence-corrected chi connectivity index (χ2v) is 4.30. The molecular formula is C8H8N2S3. The first-order valence-corrected chi connectivity index (χ1v) is 5.17. The van der Waals surface area contributed by atoms with Crippen LogP contribution >= 0.6 is 36.2 Å². The molecular weight excluding hydrogens is 220 g/mol. The van der Waals surface area contributed by atoms with Crippen molar-refractivity contribution in [2.24, 2.45) is 0 Å². The summed E-state index contributed by atoms with van der Waals surface area (Å²) >= 11 is 10.6. The minimum atomic E-state index is 0.723. The van der Waals surface area contributed by atoms with E-state index in [2.05, 4.69) is 17.6 Å². The van der Waals surface area contributed by atoms with Gasteiger partial charge in [0.2, 0.25) is 0 Å². The van der Waals surface area contributed by atoms with Crippen LogP contribution in [0.15, 0.2) is 23.3 Å². The summed E-state index contributed by atoms with van der Waals surface area (Å²) in [6.45, 7) is 0. The van der Waals surface area contributed by atoms with Crippen molar-refractivity contribution in [1.29, 1.82) is 5.41 Å². The molecule has 1 aromatic heterocycles. The Morgan fingerprint density at radius 1 is 1.38 bits per heavy atom. The summed E-state index contributed by atoms with van der Waals surface area (Å²) < 4.78 is 0.723. The van der Waals surface area contributed by atoms with Gasteiger partial charge in [0, 0.05) is 6.21 Å². The van der Waals surface area contributed by atoms with E-state index in [1.165, 1.54) is 17.6 Å². The van der Waals surface area contributed by atoms with Crippen LogP contribution in [0.2, 0.25) is 0 Å². The maximum atomic E-state index is 6.75. The summed E-state index contributed by atoms with van der Waals surface area (Å²) in [6, 6.07) is 0. The van der Waals surface area contributed by atoms with Gasteiger partial charge in [0.05, 0.1) is 9.90 Å². The Bertz CT molecular complexity index is 398. The summed E-state index contributed by atoms with van der Waals surface area (Å²) in [5, 5.41) is 7.54. The summed E-state index contributed by atoms with van der Waals surface area (Å²) in [6.07, 6.45) is 8.40. The van der Waals surface area contributed by atoms with Crippen molar-refractivity contribution in [2.75, 3.05) is 0 Å². The van der Waals surface area contributed by atoms with Crippen LogP contribution in [-0.2, 0) is 0 Å². The van der Waals surface area contributed by atoms with E-state index in [-0.39, 0.29) is 0 Å². The first-order chi connectivity index (χ1) is 6.24. The van der Waals surface area contributed by atoms with E-state index in [0.29, 0.717) is 0 Å². The van der Waals surface area contributed by atoms with Crippen molar-refractivity contribution in [3.8, 4) is 0 Å². The highest BCUT2D eigenvalue weighted by atomic mass is 32.1. The standard InChI is InChI=1S/C8H8N2S3/c9-5-3-1-2-4-6-7(11)10-8(12)13-6/h1-5,9,11H,(H,10,12). The molecule has 2 N–H and O–H groups in total. The zero-order valence-corrected chi connectivity index (χ0v) is 9.18. The Kier molecular flexibility index (Phi) is 4.14. The molecule has 1 aromatic rings. The van der Waals surface area contributed by atoms with E-state index in [1.54, 1.807) is 12.2 Å². The number of nitrogens with one attached hydrogen (secondary N) is 2. The number of hydrogen-bond acceptors (Lipinski definition) is 4. The van der Waals surface area contributed by atoms with Gasteiger partial charge in [-0.2, -0.15) is 0 Å². The van der Waals surface area contributed by atoms with Crippen LogP contribution in [0, 0.1) is 9.36 Å². The van der Waals surface area contributed by atoms with E-state index in [1.807, 2.05) is 12.2 Å². The Balaban J connectivity index is 2.79. The van der Waals surface area contributed by atoms with Crippen molar-refractivity contribution in [1.82, 2.24) is 4.98 Å². The molecule has 1 rings (SSSR count). The fourth-order valence-electron chi connectivity index (χ4n) is 0.708. The Hall–Kier alpha value is -0.650. The number of hydrogen-bond donors (Lipinski definition) is 3. The molecule has 0 aliphatic heterocycles. The predicted molar refractivity (Wildman–Crippen MR) is 63.7 cm³/mol. The Labute approximate surface area is 90.9 Å². The van der Waals surface area contributed by atoms with Gasteiger partial charge in [0.15, 0.2) is 3.95 Å². The maximum Gasteiger partial charge on any atom is 0.159 e. The highest BCUT2D eigenvalue weighted by molar-refractivity contribution is 7.80. The number of aromatic amines is 1. The van der Waals surface area contributed by atoms with Crippen LogP contribution in [0.4, 0.5) is 0 Å². The summed E-state index contributed by atoms with van der Waals surface area (Å²) in [5.74, 6) is 0. The highest BCUT2D eigenvalue weighted by Gasteiger charge is 1.96. The first-order valence-electron chi connectivity index (χ1n) is 3.50. The summed E-state index contributed by atoms with van der Waals surface area (Å²) in [5.41, 5.74) is 0. The fourth-order valence-corrected chi connectivity index (χ4v) is 2.20. The molecule has 0 atom stereocenters. The molecule has 0 bridgehead atoms. The SMILES string of the molecule is N=CC=CC=Cc1sc(=S)[nH]c1S. The highest BCUT2D eigenvalue weighted by Crippen LogP contribution is 2.19. The third-order valence-corrected chi connectivity index (χ3v) is 2.93. The lowest BCUT2D eigenvalue weighted by Gasteiger charge is -1.83. The number of H-pyrrole nitrogens is 1. The van der Waals surface area contributed by atoms with Gasteiger partial charge in [-0.3, -0.25) is 0 Å². The molecule has 13 heavy (non-hydrogen) atoms. The molecule has 0 amide bonds. The Morgan fingerprint density at radius 3 is 2.69 bits per heavy atom. The lowest BCUT2D eigenvalue weighted by Crippen LogP contribution is -1.65. The average molecular weight is 228 g/mol. The van der Waals surface area contributed by atoms with Gasteiger partial charge in [-0.15, -0.1) is 24.0 Å². The minimum absolute atomic E-state index is 0.723. The van der Waals surface area contributed by atoms with Gasteiger partial charge in [-0.05, 0) is 24.4 Å². The van der Waals surface area contributed by atoms with E-state index in [0.717, 1.165) is 13.9 Å². The van der Waals surface area contributed by atoms with Gasteiger partial charge >= 0.3 is 0 Å². The van der Waals surface area contributed by atoms with E-state index < -0.39 is 0 Å². The molecule has 0 aromatic carbocycles. The van der Waals surface area contributed by atoms with Crippen molar-refractivity contribution < 1.29 is 0 Å². The van der Waals surface area contributed by atoms with Crippen molar-refractivity contribution in [2.45, 2.75) is 5.03 Å². The normalized spacial score (nSPS) is 11.5. The van der Waals surface area contributed by atoms with Crippen LogP contribution < -0.4 is 0 Å². The van der Waals surface area contributed by atoms with E-state index >= 15 is 0 Å². The van der Waals surface area contributed by atoms with Gasteiger partial charge in [-0.1, -0.05) is 12.2 Å². The molecule has 1 heterocycles. The van der Waals surface area contributed by atoms with Gasteiger partial charge in [0.25, 0.3) is 0 Å². The zero-order valence-electron chi connectivity index (χ0n) is 6.65. The van der Waals surface area contributed by atoms with Crippen LogP contribution in [0.5, 0.6) is 0 Å². The molecule has 0 fully saturated rings. The molecule has 68 valence electrons. The third kappa shape index (κ3) is 3.30. The van der Waals surface area contributed by atoms with E-state index in [9.17, 15) is 0 Å². The molecule has 0 aliphatic rings. The van der Waals surface area contributed by atoms with Crippen molar-refractivity contribution in [3.05, 3.63) is 27.1 Å². The second-order valence-electron chi connectivity index (χ2n) is 2.14. The molecule has 0 radical (unpaired) electrons. The van der Waals surface area contributed by atoms with Gasteiger partial charge in [-0.25, -0.2) is 0 Å². The van der Waals surface area contributed by atoms with Gasteiger partial charge < -0.3 is 10.4 Å². The number of rotatable bonds is 3. The van der Waals surface area contributed by atoms with Crippen LogP contribution in [0.25, 0.3) is 6.08 Å².